The molecule has 32 heavy (non-hydrogen) atoms. The van der Waals surface area contributed by atoms with Gasteiger partial charge in [-0.25, -0.2) is 0 Å². The van der Waals surface area contributed by atoms with Gasteiger partial charge in [0.15, 0.2) is 17.3 Å². The van der Waals surface area contributed by atoms with Crippen molar-refractivity contribution in [1.29, 1.82) is 0 Å². The first kappa shape index (κ1) is 21.8. The SMILES string of the molecule is CC(C(=O)Nc1ccc(C(N)=O)cc1)N1CCC(C(=O)c2ccc3c(c2)OCCO3)CC1. The largest absolute Gasteiger partial charge is 0.486 e. The zero-order chi connectivity index (χ0) is 22.7. The molecule has 2 aromatic rings. The van der Waals surface area contributed by atoms with E-state index in [0.29, 0.717) is 67.5 Å². The molecule has 2 aliphatic rings. The summed E-state index contributed by atoms with van der Waals surface area (Å²) in [6.45, 7) is 4.18. The predicted molar refractivity (Wildman–Crippen MR) is 119 cm³/mol. The summed E-state index contributed by atoms with van der Waals surface area (Å²) in [7, 11) is 0. The Morgan fingerprint density at radius 3 is 2.25 bits per heavy atom. The van der Waals surface area contributed by atoms with Crippen LogP contribution in [-0.2, 0) is 4.79 Å². The molecular formula is C24H27N3O5. The van der Waals surface area contributed by atoms with Gasteiger partial charge in [-0.3, -0.25) is 19.3 Å². The highest BCUT2D eigenvalue weighted by Gasteiger charge is 2.30. The van der Waals surface area contributed by atoms with E-state index in [0.717, 1.165) is 0 Å². The molecule has 0 radical (unpaired) electrons. The van der Waals surface area contributed by atoms with Crippen LogP contribution in [-0.4, -0.2) is 54.8 Å². The summed E-state index contributed by atoms with van der Waals surface area (Å²) >= 11 is 0. The highest BCUT2D eigenvalue weighted by atomic mass is 16.6. The van der Waals surface area contributed by atoms with Crippen molar-refractivity contribution < 1.29 is 23.9 Å². The number of primary amides is 1. The summed E-state index contributed by atoms with van der Waals surface area (Å²) < 4.78 is 11.1. The van der Waals surface area contributed by atoms with Crippen molar-refractivity contribution in [3.8, 4) is 11.5 Å². The molecule has 2 heterocycles. The van der Waals surface area contributed by atoms with Gasteiger partial charge in [0.05, 0.1) is 6.04 Å². The zero-order valence-electron chi connectivity index (χ0n) is 18.0. The number of hydrogen-bond donors (Lipinski definition) is 2. The molecule has 0 bridgehead atoms. The van der Waals surface area contributed by atoms with E-state index in [-0.39, 0.29) is 23.7 Å². The molecule has 0 aliphatic carbocycles. The molecular weight excluding hydrogens is 410 g/mol. The van der Waals surface area contributed by atoms with Crippen LogP contribution in [0.15, 0.2) is 42.5 Å². The van der Waals surface area contributed by atoms with Crippen molar-refractivity contribution in [2.45, 2.75) is 25.8 Å². The lowest BCUT2D eigenvalue weighted by molar-refractivity contribution is -0.121. The lowest BCUT2D eigenvalue weighted by atomic mass is 9.88. The monoisotopic (exact) mass is 437 g/mol. The van der Waals surface area contributed by atoms with E-state index < -0.39 is 5.91 Å². The molecule has 1 fully saturated rings. The Morgan fingerprint density at radius 2 is 1.59 bits per heavy atom. The highest BCUT2D eigenvalue weighted by molar-refractivity contribution is 5.99. The average molecular weight is 437 g/mol. The molecule has 4 rings (SSSR count). The number of ether oxygens (including phenoxy) is 2. The molecule has 0 saturated carbocycles. The molecule has 0 aromatic heterocycles. The number of benzene rings is 2. The van der Waals surface area contributed by atoms with Gasteiger partial charge in [-0.1, -0.05) is 0 Å². The molecule has 3 N–H and O–H groups in total. The van der Waals surface area contributed by atoms with Crippen molar-refractivity contribution in [2.75, 3.05) is 31.6 Å². The smallest absolute Gasteiger partial charge is 0.248 e. The molecule has 2 aliphatic heterocycles. The predicted octanol–water partition coefficient (Wildman–Crippen LogP) is 2.48. The van der Waals surface area contributed by atoms with Gasteiger partial charge in [0.25, 0.3) is 0 Å². The lowest BCUT2D eigenvalue weighted by Gasteiger charge is -2.34. The molecule has 1 saturated heterocycles. The van der Waals surface area contributed by atoms with Crippen molar-refractivity contribution in [2.24, 2.45) is 11.7 Å². The Bertz CT molecular complexity index is 1010. The summed E-state index contributed by atoms with van der Waals surface area (Å²) in [5.74, 6) is 0.678. The van der Waals surface area contributed by atoms with Gasteiger partial charge in [0, 0.05) is 22.7 Å². The standard InChI is InChI=1S/C24H27N3O5/c1-15(24(30)26-19-5-2-17(3-6-19)23(25)29)27-10-8-16(9-11-27)22(28)18-4-7-20-21(14-18)32-13-12-31-20/h2-7,14-16H,8-13H2,1H3,(H2,25,29)(H,26,30). The fourth-order valence-corrected chi connectivity index (χ4v) is 4.11. The third-order valence-electron chi connectivity index (χ3n) is 6.09. The van der Waals surface area contributed by atoms with Gasteiger partial charge in [-0.15, -0.1) is 0 Å². The molecule has 1 unspecified atom stereocenters. The summed E-state index contributed by atoms with van der Waals surface area (Å²) in [4.78, 5) is 38.9. The number of ketones is 1. The molecule has 0 spiro atoms. The second-order valence-electron chi connectivity index (χ2n) is 8.14. The fourth-order valence-electron chi connectivity index (χ4n) is 4.11. The Hall–Kier alpha value is -3.39. The topological polar surface area (TPSA) is 111 Å². The van der Waals surface area contributed by atoms with E-state index in [1.54, 1.807) is 42.5 Å². The second kappa shape index (κ2) is 9.40. The van der Waals surface area contributed by atoms with Crippen molar-refractivity contribution in [1.82, 2.24) is 4.90 Å². The number of nitrogens with zero attached hydrogens (tertiary/aromatic N) is 1. The van der Waals surface area contributed by atoms with E-state index in [9.17, 15) is 14.4 Å². The minimum atomic E-state index is -0.509. The van der Waals surface area contributed by atoms with Crippen LogP contribution >= 0.6 is 0 Å². The Labute approximate surface area is 186 Å². The molecule has 168 valence electrons. The van der Waals surface area contributed by atoms with Crippen molar-refractivity contribution in [3.05, 3.63) is 53.6 Å². The molecule has 2 aromatic carbocycles. The number of fused-ring (bicyclic) bond motifs is 1. The second-order valence-corrected chi connectivity index (χ2v) is 8.14. The first-order chi connectivity index (χ1) is 15.4. The number of hydrogen-bond acceptors (Lipinski definition) is 6. The van der Waals surface area contributed by atoms with E-state index in [2.05, 4.69) is 10.2 Å². The van der Waals surface area contributed by atoms with Crippen LogP contribution in [0.2, 0.25) is 0 Å². The number of Topliss-reactive ketones (excluding diaryl/α,β-unsaturated/α-hetero) is 1. The van der Waals surface area contributed by atoms with Gasteiger partial charge in [-0.05, 0) is 75.3 Å². The minimum absolute atomic E-state index is 0.0783. The summed E-state index contributed by atoms with van der Waals surface area (Å²) in [5.41, 5.74) is 6.88. The van der Waals surface area contributed by atoms with Crippen LogP contribution in [0.5, 0.6) is 11.5 Å². The number of likely N-dealkylation sites (tertiary alicyclic amines) is 1. The lowest BCUT2D eigenvalue weighted by Crippen LogP contribution is -2.47. The summed E-state index contributed by atoms with van der Waals surface area (Å²) in [6.07, 6.45) is 1.39. The van der Waals surface area contributed by atoms with E-state index in [1.807, 2.05) is 6.92 Å². The third kappa shape index (κ3) is 4.75. The van der Waals surface area contributed by atoms with E-state index >= 15 is 0 Å². The van der Waals surface area contributed by atoms with Crippen LogP contribution in [0.4, 0.5) is 5.69 Å². The molecule has 8 nitrogen and oxygen atoms in total. The van der Waals surface area contributed by atoms with Gasteiger partial charge in [0.1, 0.15) is 13.2 Å². The van der Waals surface area contributed by atoms with Crippen LogP contribution in [0.25, 0.3) is 0 Å². The molecule has 8 heteroatoms. The number of carbonyl (C=O) groups excluding carboxylic acids is 3. The number of nitrogens with one attached hydrogen (secondary N) is 1. The first-order valence-corrected chi connectivity index (χ1v) is 10.8. The maximum atomic E-state index is 13.0. The number of carbonyl (C=O) groups is 3. The summed E-state index contributed by atoms with van der Waals surface area (Å²) in [5, 5.41) is 2.87. The van der Waals surface area contributed by atoms with Crippen molar-refractivity contribution in [3.63, 3.8) is 0 Å². The maximum absolute atomic E-state index is 13.0. The van der Waals surface area contributed by atoms with Gasteiger partial charge >= 0.3 is 0 Å². The van der Waals surface area contributed by atoms with Gasteiger partial charge in [0.2, 0.25) is 11.8 Å². The quantitative estimate of drug-likeness (QED) is 0.672. The van der Waals surface area contributed by atoms with Gasteiger partial charge < -0.3 is 20.5 Å². The number of rotatable bonds is 6. The van der Waals surface area contributed by atoms with Crippen LogP contribution in [0.3, 0.4) is 0 Å². The zero-order valence-corrected chi connectivity index (χ0v) is 18.0. The van der Waals surface area contributed by atoms with Crippen LogP contribution < -0.4 is 20.5 Å². The van der Waals surface area contributed by atoms with Crippen LogP contribution in [0.1, 0.15) is 40.5 Å². The number of nitrogens with two attached hydrogens (primary N) is 1. The summed E-state index contributed by atoms with van der Waals surface area (Å²) in [6, 6.07) is 11.5. The normalized spacial score (nSPS) is 17.4. The Balaban J connectivity index is 1.31. The third-order valence-corrected chi connectivity index (χ3v) is 6.09. The molecule has 2 amide bonds. The van der Waals surface area contributed by atoms with Crippen molar-refractivity contribution >= 4 is 23.3 Å². The minimum Gasteiger partial charge on any atom is -0.486 e. The van der Waals surface area contributed by atoms with Gasteiger partial charge in [-0.2, -0.15) is 0 Å². The Morgan fingerprint density at radius 1 is 0.969 bits per heavy atom. The fraction of sp³-hybridized carbons (Fsp3) is 0.375. The van der Waals surface area contributed by atoms with Crippen LogP contribution in [0, 0.1) is 5.92 Å². The number of amides is 2. The Kier molecular flexibility index (Phi) is 6.41. The number of anilines is 1. The molecule has 1 atom stereocenters. The average Bonchev–Trinajstić information content (AvgIpc) is 2.83. The number of piperidine rings is 1. The van der Waals surface area contributed by atoms with E-state index in [1.165, 1.54) is 0 Å². The highest BCUT2D eigenvalue weighted by Crippen LogP contribution is 2.32. The van der Waals surface area contributed by atoms with E-state index in [4.69, 9.17) is 15.2 Å². The maximum Gasteiger partial charge on any atom is 0.248 e. The first-order valence-electron chi connectivity index (χ1n) is 10.8.